The number of nitrogens with zero attached hydrogens (tertiary/aromatic N) is 3. The first kappa shape index (κ1) is 24.7. The van der Waals surface area contributed by atoms with Crippen molar-refractivity contribution in [2.45, 2.75) is 63.8 Å². The molecule has 3 aromatic rings. The SMILES string of the molecule is CC(C)(C)N[C@H](c1ccc(Nc2nn([C@@H](CC#N)C3CC3)c3cc[nH]c(=O)c23)cc1F)C(F)(F)F. The highest BCUT2D eigenvalue weighted by molar-refractivity contribution is 5.91. The molecule has 1 aliphatic carbocycles. The predicted octanol–water partition coefficient (Wildman–Crippen LogP) is 5.46. The number of nitriles is 1. The number of fused-ring (bicyclic) bond motifs is 1. The maximum Gasteiger partial charge on any atom is 0.408 e. The van der Waals surface area contributed by atoms with Gasteiger partial charge in [0, 0.05) is 23.0 Å². The van der Waals surface area contributed by atoms with Crippen LogP contribution in [0.15, 0.2) is 35.3 Å². The Hall–Kier alpha value is -3.39. The van der Waals surface area contributed by atoms with Crippen LogP contribution in [0, 0.1) is 23.1 Å². The molecule has 2 heterocycles. The molecular weight excluding hydrogens is 464 g/mol. The summed E-state index contributed by atoms with van der Waals surface area (Å²) in [6, 6.07) is 4.78. The highest BCUT2D eigenvalue weighted by Crippen LogP contribution is 2.43. The number of aromatic amines is 1. The summed E-state index contributed by atoms with van der Waals surface area (Å²) in [5, 5.41) is 19.3. The number of halogens is 4. The second-order valence-corrected chi connectivity index (χ2v) is 9.86. The monoisotopic (exact) mass is 490 g/mol. The molecule has 1 fully saturated rings. The maximum atomic E-state index is 14.9. The van der Waals surface area contributed by atoms with Gasteiger partial charge in [-0.2, -0.15) is 23.5 Å². The molecule has 0 saturated heterocycles. The smallest absolute Gasteiger partial charge is 0.338 e. The van der Waals surface area contributed by atoms with Gasteiger partial charge in [0.1, 0.15) is 17.2 Å². The Kier molecular flexibility index (Phi) is 6.36. The summed E-state index contributed by atoms with van der Waals surface area (Å²) >= 11 is 0. The summed E-state index contributed by atoms with van der Waals surface area (Å²) in [4.78, 5) is 15.2. The summed E-state index contributed by atoms with van der Waals surface area (Å²) in [6.07, 6.45) is -1.10. The molecule has 2 atom stereocenters. The third-order valence-corrected chi connectivity index (χ3v) is 5.89. The normalized spacial score (nSPS) is 16.2. The van der Waals surface area contributed by atoms with E-state index in [1.807, 2.05) is 0 Å². The standard InChI is InChI=1S/C24H26F4N6O/c1-23(2,3)32-20(24(26,27)28)15-7-6-14(12-16(15)25)31-21-19-18(9-11-30-22(19)35)34(33-21)17(8-10-29)13-4-5-13/h6-7,9,11-13,17,20,32H,4-5,8H2,1-3H3,(H,30,35)(H,31,33)/t17-,20+/m0/s1. The van der Waals surface area contributed by atoms with Crippen LogP contribution in [0.3, 0.4) is 0 Å². The Balaban J connectivity index is 1.71. The van der Waals surface area contributed by atoms with Crippen molar-refractivity contribution in [3.8, 4) is 6.07 Å². The number of benzene rings is 1. The molecule has 1 aliphatic rings. The second-order valence-electron chi connectivity index (χ2n) is 9.86. The van der Waals surface area contributed by atoms with Gasteiger partial charge in [-0.15, -0.1) is 0 Å². The molecule has 1 saturated carbocycles. The minimum Gasteiger partial charge on any atom is -0.338 e. The third kappa shape index (κ3) is 5.32. The van der Waals surface area contributed by atoms with Crippen LogP contribution in [0.4, 0.5) is 29.1 Å². The van der Waals surface area contributed by atoms with E-state index in [0.29, 0.717) is 5.52 Å². The van der Waals surface area contributed by atoms with Gasteiger partial charge in [0.05, 0.1) is 24.0 Å². The van der Waals surface area contributed by atoms with Gasteiger partial charge in [-0.1, -0.05) is 6.07 Å². The summed E-state index contributed by atoms with van der Waals surface area (Å²) in [5.41, 5.74) is -1.20. The van der Waals surface area contributed by atoms with Crippen LogP contribution >= 0.6 is 0 Å². The highest BCUT2D eigenvalue weighted by atomic mass is 19.4. The molecule has 1 aromatic carbocycles. The molecule has 0 amide bonds. The van der Waals surface area contributed by atoms with Crippen molar-refractivity contribution >= 4 is 22.4 Å². The van der Waals surface area contributed by atoms with Crippen molar-refractivity contribution in [1.82, 2.24) is 20.1 Å². The first-order chi connectivity index (χ1) is 16.4. The fourth-order valence-electron chi connectivity index (χ4n) is 4.21. The number of aromatic nitrogens is 3. The Morgan fingerprint density at radius 1 is 1.26 bits per heavy atom. The van der Waals surface area contributed by atoms with Crippen molar-refractivity contribution in [2.75, 3.05) is 5.32 Å². The number of H-pyrrole nitrogens is 1. The summed E-state index contributed by atoms with van der Waals surface area (Å²) in [6.45, 7) is 4.71. The lowest BCUT2D eigenvalue weighted by Crippen LogP contribution is -2.45. The Morgan fingerprint density at radius 2 is 1.97 bits per heavy atom. The van der Waals surface area contributed by atoms with Crippen LogP contribution in [0.2, 0.25) is 0 Å². The number of nitrogens with one attached hydrogen (secondary N) is 3. The highest BCUT2D eigenvalue weighted by Gasteiger charge is 2.44. The van der Waals surface area contributed by atoms with E-state index in [2.05, 4.69) is 26.8 Å². The minimum atomic E-state index is -4.70. The molecule has 0 spiro atoms. The quantitative estimate of drug-likeness (QED) is 0.382. The van der Waals surface area contributed by atoms with Crippen molar-refractivity contribution in [2.24, 2.45) is 5.92 Å². The molecule has 0 bridgehead atoms. The molecule has 4 rings (SSSR count). The molecule has 0 radical (unpaired) electrons. The Morgan fingerprint density at radius 3 is 2.54 bits per heavy atom. The average molecular weight is 491 g/mol. The lowest BCUT2D eigenvalue weighted by molar-refractivity contribution is -0.162. The average Bonchev–Trinajstić information content (AvgIpc) is 3.52. The number of anilines is 2. The molecule has 186 valence electrons. The van der Waals surface area contributed by atoms with Crippen LogP contribution in [-0.2, 0) is 0 Å². The van der Waals surface area contributed by atoms with Crippen LogP contribution in [0.25, 0.3) is 10.9 Å². The zero-order valence-electron chi connectivity index (χ0n) is 19.5. The van der Waals surface area contributed by atoms with Gasteiger partial charge in [0.2, 0.25) is 0 Å². The molecule has 0 aliphatic heterocycles. The van der Waals surface area contributed by atoms with E-state index in [-0.39, 0.29) is 35.3 Å². The van der Waals surface area contributed by atoms with Crippen LogP contribution in [0.1, 0.15) is 57.7 Å². The number of hydrogen-bond donors (Lipinski definition) is 3. The minimum absolute atomic E-state index is 0.137. The van der Waals surface area contributed by atoms with E-state index < -0.39 is 34.7 Å². The Labute approximate surface area is 199 Å². The number of alkyl halides is 3. The van der Waals surface area contributed by atoms with E-state index in [1.165, 1.54) is 12.3 Å². The van der Waals surface area contributed by atoms with Crippen molar-refractivity contribution in [1.29, 1.82) is 5.26 Å². The van der Waals surface area contributed by atoms with Crippen molar-refractivity contribution < 1.29 is 17.6 Å². The second kappa shape index (κ2) is 9.00. The summed E-state index contributed by atoms with van der Waals surface area (Å²) in [5.74, 6) is -0.638. The van der Waals surface area contributed by atoms with Gasteiger partial charge in [-0.3, -0.25) is 14.8 Å². The largest absolute Gasteiger partial charge is 0.408 e. The van der Waals surface area contributed by atoms with Gasteiger partial charge in [-0.05, 0) is 57.7 Å². The summed E-state index contributed by atoms with van der Waals surface area (Å²) in [7, 11) is 0. The molecule has 11 heteroatoms. The van der Waals surface area contributed by atoms with E-state index in [9.17, 15) is 27.6 Å². The predicted molar refractivity (Wildman–Crippen MR) is 124 cm³/mol. The lowest BCUT2D eigenvalue weighted by atomic mass is 10.0. The first-order valence-corrected chi connectivity index (χ1v) is 11.3. The fraction of sp³-hybridized carbons (Fsp3) is 0.458. The maximum absolute atomic E-state index is 14.9. The van der Waals surface area contributed by atoms with Crippen LogP contribution in [0.5, 0.6) is 0 Å². The van der Waals surface area contributed by atoms with Crippen LogP contribution < -0.4 is 16.2 Å². The third-order valence-electron chi connectivity index (χ3n) is 5.89. The van der Waals surface area contributed by atoms with Gasteiger partial charge in [-0.25, -0.2) is 4.39 Å². The Bertz CT molecular complexity index is 1330. The first-order valence-electron chi connectivity index (χ1n) is 11.3. The molecule has 7 nitrogen and oxygen atoms in total. The molecular formula is C24H26F4N6O. The number of hydrogen-bond acceptors (Lipinski definition) is 5. The zero-order valence-corrected chi connectivity index (χ0v) is 19.5. The van der Waals surface area contributed by atoms with E-state index in [4.69, 9.17) is 0 Å². The van der Waals surface area contributed by atoms with Crippen molar-refractivity contribution in [3.63, 3.8) is 0 Å². The molecule has 35 heavy (non-hydrogen) atoms. The number of rotatable bonds is 7. The molecule has 0 unspecified atom stereocenters. The van der Waals surface area contributed by atoms with Crippen LogP contribution in [-0.4, -0.2) is 26.5 Å². The van der Waals surface area contributed by atoms with Gasteiger partial charge in [0.25, 0.3) is 5.56 Å². The van der Waals surface area contributed by atoms with E-state index in [0.717, 1.165) is 25.0 Å². The van der Waals surface area contributed by atoms with Gasteiger partial charge < -0.3 is 10.3 Å². The van der Waals surface area contributed by atoms with E-state index >= 15 is 0 Å². The van der Waals surface area contributed by atoms with Gasteiger partial charge >= 0.3 is 6.18 Å². The summed E-state index contributed by atoms with van der Waals surface area (Å²) < 4.78 is 57.6. The van der Waals surface area contributed by atoms with Gasteiger partial charge in [0.15, 0.2) is 5.82 Å². The molecule has 3 N–H and O–H groups in total. The lowest BCUT2D eigenvalue weighted by Gasteiger charge is -2.30. The van der Waals surface area contributed by atoms with Crippen molar-refractivity contribution in [3.05, 3.63) is 52.2 Å². The van der Waals surface area contributed by atoms with E-state index in [1.54, 1.807) is 31.5 Å². The molecule has 2 aromatic heterocycles. The topological polar surface area (TPSA) is 98.5 Å². The number of pyridine rings is 1. The fourth-order valence-corrected chi connectivity index (χ4v) is 4.21. The zero-order chi connectivity index (χ0) is 25.5.